The first kappa shape index (κ1) is 29.1. The first-order chi connectivity index (χ1) is 18.2. The number of sulfone groups is 1. The molecular weight excluding hydrogens is 496 g/mol. The molecule has 0 aliphatic carbocycles. The highest BCUT2D eigenvalue weighted by Gasteiger charge is 2.22. The number of ketones is 1. The lowest BCUT2D eigenvalue weighted by molar-refractivity contribution is -0.121. The molecule has 0 bridgehead atoms. The Bertz CT molecular complexity index is 1280. The first-order valence-corrected chi connectivity index (χ1v) is 14.9. The summed E-state index contributed by atoms with van der Waals surface area (Å²) in [6, 6.07) is 22.0. The number of amides is 2. The van der Waals surface area contributed by atoms with E-state index in [1.54, 1.807) is 48.5 Å². The van der Waals surface area contributed by atoms with Crippen LogP contribution in [-0.4, -0.2) is 26.3 Å². The van der Waals surface area contributed by atoms with Crippen molar-refractivity contribution >= 4 is 27.3 Å². The summed E-state index contributed by atoms with van der Waals surface area (Å²) in [5.74, 6) is 0.387. The van der Waals surface area contributed by atoms with E-state index in [4.69, 9.17) is 0 Å². The number of anilines is 1. The minimum atomic E-state index is -3.47. The highest BCUT2D eigenvalue weighted by atomic mass is 32.2. The number of aryl methyl sites for hydroxylation is 1. The van der Waals surface area contributed by atoms with Crippen LogP contribution in [0.3, 0.4) is 0 Å². The van der Waals surface area contributed by atoms with Crippen LogP contribution in [0.25, 0.3) is 0 Å². The van der Waals surface area contributed by atoms with Crippen molar-refractivity contribution in [2.45, 2.75) is 69.6 Å². The number of urea groups is 1. The van der Waals surface area contributed by atoms with E-state index in [-0.39, 0.29) is 16.4 Å². The Morgan fingerprint density at radius 3 is 2.05 bits per heavy atom. The summed E-state index contributed by atoms with van der Waals surface area (Å²) >= 11 is 0. The monoisotopic (exact) mass is 534 g/mol. The average Bonchev–Trinajstić information content (AvgIpc) is 2.90. The van der Waals surface area contributed by atoms with Gasteiger partial charge in [-0.2, -0.15) is 0 Å². The summed E-state index contributed by atoms with van der Waals surface area (Å²) in [5.41, 5.74) is 3.11. The van der Waals surface area contributed by atoms with Crippen molar-refractivity contribution < 1.29 is 18.0 Å². The molecule has 1 atom stereocenters. The maximum absolute atomic E-state index is 13.1. The number of nitrogens with one attached hydrogen (secondary N) is 2. The molecule has 0 radical (unpaired) electrons. The molecule has 0 heterocycles. The zero-order valence-corrected chi connectivity index (χ0v) is 23.3. The number of rotatable bonds is 13. The van der Waals surface area contributed by atoms with Crippen LogP contribution in [0.1, 0.15) is 56.2 Å². The standard InChI is InChI=1S/C31H38N2O4S/c1-4-24(5-2)15-20-30(34)29(21-25-9-7-6-8-10-25)33-31(35)32-27-16-13-26(14-17-27)22-38(36,37)28-18-11-23(3)12-19-28/h6-14,16-19,24,29H,4-5,15,20-22H2,1-3H3,(H2,32,33,35)/t29-/m1/s1. The Labute approximate surface area is 226 Å². The zero-order chi connectivity index (χ0) is 27.5. The van der Waals surface area contributed by atoms with Gasteiger partial charge in [0.2, 0.25) is 0 Å². The Morgan fingerprint density at radius 1 is 0.816 bits per heavy atom. The Balaban J connectivity index is 1.63. The number of hydrogen-bond acceptors (Lipinski definition) is 4. The molecule has 202 valence electrons. The molecule has 0 aliphatic heterocycles. The van der Waals surface area contributed by atoms with Gasteiger partial charge in [0, 0.05) is 12.1 Å². The third-order valence-corrected chi connectivity index (χ3v) is 8.58. The van der Waals surface area contributed by atoms with E-state index >= 15 is 0 Å². The number of hydrogen-bond donors (Lipinski definition) is 2. The van der Waals surface area contributed by atoms with Gasteiger partial charge in [-0.05, 0) is 61.1 Å². The summed E-state index contributed by atoms with van der Waals surface area (Å²) in [6.45, 7) is 6.18. The molecule has 0 fully saturated rings. The molecule has 0 saturated carbocycles. The Hall–Kier alpha value is -3.45. The molecule has 3 rings (SSSR count). The van der Waals surface area contributed by atoms with Crippen molar-refractivity contribution in [3.63, 3.8) is 0 Å². The largest absolute Gasteiger partial charge is 0.328 e. The molecule has 7 heteroatoms. The molecular formula is C31H38N2O4S. The molecule has 3 aromatic carbocycles. The van der Waals surface area contributed by atoms with Crippen molar-refractivity contribution in [1.82, 2.24) is 5.32 Å². The molecule has 0 saturated heterocycles. The summed E-state index contributed by atoms with van der Waals surface area (Å²) < 4.78 is 25.5. The Morgan fingerprint density at radius 2 is 1.45 bits per heavy atom. The van der Waals surface area contributed by atoms with Crippen LogP contribution >= 0.6 is 0 Å². The fraction of sp³-hybridized carbons (Fsp3) is 0.355. The van der Waals surface area contributed by atoms with E-state index in [1.165, 1.54) is 0 Å². The van der Waals surface area contributed by atoms with E-state index in [0.29, 0.717) is 30.0 Å². The molecule has 2 N–H and O–H groups in total. The minimum Gasteiger partial charge on any atom is -0.328 e. The summed E-state index contributed by atoms with van der Waals surface area (Å²) in [4.78, 5) is 26.2. The van der Waals surface area contributed by atoms with Crippen LogP contribution in [0.5, 0.6) is 0 Å². The minimum absolute atomic E-state index is 0.0209. The van der Waals surface area contributed by atoms with Gasteiger partial charge in [-0.3, -0.25) is 4.79 Å². The lowest BCUT2D eigenvalue weighted by Crippen LogP contribution is -2.44. The second-order valence-electron chi connectivity index (χ2n) is 9.80. The summed E-state index contributed by atoms with van der Waals surface area (Å²) in [7, 11) is -3.47. The van der Waals surface area contributed by atoms with Gasteiger partial charge in [-0.15, -0.1) is 0 Å². The van der Waals surface area contributed by atoms with Gasteiger partial charge < -0.3 is 10.6 Å². The molecule has 0 aromatic heterocycles. The van der Waals surface area contributed by atoms with Gasteiger partial charge in [0.1, 0.15) is 0 Å². The predicted octanol–water partition coefficient (Wildman–Crippen LogP) is 6.49. The van der Waals surface area contributed by atoms with E-state index in [2.05, 4.69) is 24.5 Å². The van der Waals surface area contributed by atoms with Gasteiger partial charge in [0.25, 0.3) is 0 Å². The lowest BCUT2D eigenvalue weighted by atomic mass is 9.93. The van der Waals surface area contributed by atoms with E-state index in [1.807, 2.05) is 37.3 Å². The fourth-order valence-corrected chi connectivity index (χ4v) is 5.72. The molecule has 6 nitrogen and oxygen atoms in total. The number of Topliss-reactive ketones (excluding diaryl/α,β-unsaturated/α-hetero) is 1. The van der Waals surface area contributed by atoms with Crippen LogP contribution < -0.4 is 10.6 Å². The number of carbonyl (C=O) groups excluding carboxylic acids is 2. The lowest BCUT2D eigenvalue weighted by Gasteiger charge is -2.20. The van der Waals surface area contributed by atoms with Crippen molar-refractivity contribution in [2.24, 2.45) is 5.92 Å². The highest BCUT2D eigenvalue weighted by Crippen LogP contribution is 2.19. The normalized spacial score (nSPS) is 12.2. The topological polar surface area (TPSA) is 92.3 Å². The van der Waals surface area contributed by atoms with E-state index in [9.17, 15) is 18.0 Å². The molecule has 38 heavy (non-hydrogen) atoms. The van der Waals surface area contributed by atoms with E-state index in [0.717, 1.165) is 30.4 Å². The second kappa shape index (κ2) is 13.9. The zero-order valence-electron chi connectivity index (χ0n) is 22.4. The molecule has 0 aliphatic rings. The van der Waals surface area contributed by atoms with Crippen LogP contribution in [-0.2, 0) is 26.8 Å². The van der Waals surface area contributed by atoms with Gasteiger partial charge in [-0.1, -0.05) is 86.8 Å². The summed E-state index contributed by atoms with van der Waals surface area (Å²) in [5, 5.41) is 5.63. The van der Waals surface area contributed by atoms with Crippen LogP contribution in [0, 0.1) is 12.8 Å². The third-order valence-electron chi connectivity index (χ3n) is 6.88. The SMILES string of the molecule is CCC(CC)CCC(=O)[C@@H](Cc1ccccc1)NC(=O)Nc1ccc(CS(=O)(=O)c2ccc(C)cc2)cc1. The molecule has 3 aromatic rings. The molecule has 2 amide bonds. The van der Waals surface area contributed by atoms with Crippen LogP contribution in [0.2, 0.25) is 0 Å². The van der Waals surface area contributed by atoms with Crippen molar-refractivity contribution in [3.8, 4) is 0 Å². The highest BCUT2D eigenvalue weighted by molar-refractivity contribution is 7.90. The maximum Gasteiger partial charge on any atom is 0.319 e. The smallest absolute Gasteiger partial charge is 0.319 e. The third kappa shape index (κ3) is 8.84. The van der Waals surface area contributed by atoms with Crippen LogP contribution in [0.15, 0.2) is 83.8 Å². The average molecular weight is 535 g/mol. The van der Waals surface area contributed by atoms with E-state index < -0.39 is 21.9 Å². The fourth-order valence-electron chi connectivity index (χ4n) is 4.37. The second-order valence-corrected chi connectivity index (χ2v) is 11.8. The van der Waals surface area contributed by atoms with Gasteiger partial charge in [0.15, 0.2) is 15.6 Å². The first-order valence-electron chi connectivity index (χ1n) is 13.2. The number of benzene rings is 3. The molecule has 0 unspecified atom stereocenters. The van der Waals surface area contributed by atoms with Gasteiger partial charge >= 0.3 is 6.03 Å². The number of carbonyl (C=O) groups is 2. The quantitative estimate of drug-likeness (QED) is 0.262. The Kier molecular flexibility index (Phi) is 10.7. The predicted molar refractivity (Wildman–Crippen MR) is 153 cm³/mol. The van der Waals surface area contributed by atoms with Crippen molar-refractivity contribution in [1.29, 1.82) is 0 Å². The van der Waals surface area contributed by atoms with Crippen molar-refractivity contribution in [2.75, 3.05) is 5.32 Å². The van der Waals surface area contributed by atoms with Crippen molar-refractivity contribution in [3.05, 3.63) is 95.6 Å². The molecule has 0 spiro atoms. The van der Waals surface area contributed by atoms with Crippen LogP contribution in [0.4, 0.5) is 10.5 Å². The maximum atomic E-state index is 13.1. The van der Waals surface area contributed by atoms with Gasteiger partial charge in [-0.25, -0.2) is 13.2 Å². The van der Waals surface area contributed by atoms with Gasteiger partial charge in [0.05, 0.1) is 16.7 Å². The summed E-state index contributed by atoms with van der Waals surface area (Å²) in [6.07, 6.45) is 3.72.